The van der Waals surface area contributed by atoms with Crippen molar-refractivity contribution in [1.29, 1.82) is 0 Å². The Hall–Kier alpha value is -2.31. The van der Waals surface area contributed by atoms with Gasteiger partial charge < -0.3 is 9.15 Å². The fourth-order valence-electron chi connectivity index (χ4n) is 1.03. The molecule has 0 aromatic carbocycles. The molecular formula is C9H8N4O3. The summed E-state index contributed by atoms with van der Waals surface area (Å²) in [4.78, 5) is 11.2. The van der Waals surface area contributed by atoms with Crippen molar-refractivity contribution < 1.29 is 13.9 Å². The van der Waals surface area contributed by atoms with Crippen molar-refractivity contribution in [2.24, 2.45) is 0 Å². The van der Waals surface area contributed by atoms with E-state index in [4.69, 9.17) is 9.15 Å². The van der Waals surface area contributed by atoms with Crippen LogP contribution in [0.15, 0.2) is 22.9 Å². The summed E-state index contributed by atoms with van der Waals surface area (Å²) in [6.45, 7) is 1.95. The number of nitrogens with zero attached hydrogens (tertiary/aromatic N) is 4. The van der Waals surface area contributed by atoms with E-state index in [1.807, 2.05) is 0 Å². The Labute approximate surface area is 90.5 Å². The molecule has 0 fully saturated rings. The van der Waals surface area contributed by atoms with Crippen LogP contribution in [0.5, 0.6) is 0 Å². The second kappa shape index (κ2) is 4.47. The summed E-state index contributed by atoms with van der Waals surface area (Å²) in [6.07, 6.45) is 2.95. The summed E-state index contributed by atoms with van der Waals surface area (Å²) in [7, 11) is 0. The van der Waals surface area contributed by atoms with Gasteiger partial charge in [-0.05, 0) is 13.0 Å². The molecular weight excluding hydrogens is 212 g/mol. The lowest BCUT2D eigenvalue weighted by Gasteiger charge is -1.94. The zero-order valence-corrected chi connectivity index (χ0v) is 8.45. The molecule has 0 bridgehead atoms. The molecule has 0 unspecified atom stereocenters. The Bertz CT molecular complexity index is 483. The number of esters is 1. The molecule has 2 rings (SSSR count). The minimum Gasteiger partial charge on any atom is -0.459 e. The van der Waals surface area contributed by atoms with Gasteiger partial charge >= 0.3 is 11.9 Å². The second-order valence-electron chi connectivity index (χ2n) is 2.76. The van der Waals surface area contributed by atoms with Gasteiger partial charge in [0.05, 0.1) is 24.6 Å². The highest BCUT2D eigenvalue weighted by Crippen LogP contribution is 2.15. The molecule has 0 saturated heterocycles. The Morgan fingerprint density at radius 3 is 3.00 bits per heavy atom. The first-order valence-corrected chi connectivity index (χ1v) is 4.59. The third-order valence-corrected chi connectivity index (χ3v) is 1.71. The van der Waals surface area contributed by atoms with Gasteiger partial charge in [0.15, 0.2) is 0 Å². The van der Waals surface area contributed by atoms with E-state index in [1.54, 1.807) is 13.0 Å². The molecule has 0 aliphatic heterocycles. The third-order valence-electron chi connectivity index (χ3n) is 1.71. The van der Waals surface area contributed by atoms with E-state index in [0.29, 0.717) is 5.56 Å². The van der Waals surface area contributed by atoms with E-state index in [0.717, 1.165) is 0 Å². The van der Waals surface area contributed by atoms with Crippen molar-refractivity contribution in [3.05, 3.63) is 24.4 Å². The maximum absolute atomic E-state index is 11.2. The van der Waals surface area contributed by atoms with Gasteiger partial charge in [-0.25, -0.2) is 4.79 Å². The molecule has 0 N–H and O–H groups in total. The van der Waals surface area contributed by atoms with Crippen molar-refractivity contribution >= 4 is 5.97 Å². The van der Waals surface area contributed by atoms with Crippen LogP contribution in [0, 0.1) is 0 Å². The van der Waals surface area contributed by atoms with Crippen LogP contribution in [0.3, 0.4) is 0 Å². The monoisotopic (exact) mass is 220 g/mol. The lowest BCUT2D eigenvalue weighted by Crippen LogP contribution is -2.04. The molecule has 82 valence electrons. The Balaban J connectivity index is 2.23. The van der Waals surface area contributed by atoms with Crippen LogP contribution in [0.25, 0.3) is 11.5 Å². The van der Waals surface area contributed by atoms with Gasteiger partial charge in [-0.2, -0.15) is 10.2 Å². The SMILES string of the molecule is CCOC(=O)c1nnc(-c2ccnnc2)o1. The largest absolute Gasteiger partial charge is 0.459 e. The topological polar surface area (TPSA) is 91.0 Å². The van der Waals surface area contributed by atoms with Gasteiger partial charge in [0.25, 0.3) is 0 Å². The standard InChI is InChI=1S/C9H8N4O3/c1-2-15-9(14)8-13-12-7(16-8)6-3-4-10-11-5-6/h3-5H,2H2,1H3. The number of ether oxygens (including phenoxy) is 1. The van der Waals surface area contributed by atoms with E-state index in [1.165, 1.54) is 12.4 Å². The molecule has 7 heteroatoms. The highest BCUT2D eigenvalue weighted by Gasteiger charge is 2.16. The minimum atomic E-state index is -0.636. The van der Waals surface area contributed by atoms with Gasteiger partial charge in [-0.15, -0.1) is 10.2 Å². The van der Waals surface area contributed by atoms with Gasteiger partial charge in [-0.3, -0.25) is 0 Å². The van der Waals surface area contributed by atoms with Crippen LogP contribution in [0.1, 0.15) is 17.6 Å². The summed E-state index contributed by atoms with van der Waals surface area (Å²) in [5.41, 5.74) is 0.595. The van der Waals surface area contributed by atoms with Crippen molar-refractivity contribution in [1.82, 2.24) is 20.4 Å². The predicted octanol–water partition coefficient (Wildman–Crippen LogP) is 0.703. The van der Waals surface area contributed by atoms with Crippen LogP contribution in [0.2, 0.25) is 0 Å². The highest BCUT2D eigenvalue weighted by atomic mass is 16.5. The van der Waals surface area contributed by atoms with Crippen LogP contribution in [0.4, 0.5) is 0 Å². The zero-order chi connectivity index (χ0) is 11.4. The highest BCUT2D eigenvalue weighted by molar-refractivity contribution is 5.84. The fourth-order valence-corrected chi connectivity index (χ4v) is 1.03. The molecule has 2 aromatic rings. The number of aromatic nitrogens is 4. The molecule has 0 atom stereocenters. The average Bonchev–Trinajstić information content (AvgIpc) is 2.80. The van der Waals surface area contributed by atoms with E-state index in [9.17, 15) is 4.79 Å². The molecule has 16 heavy (non-hydrogen) atoms. The lowest BCUT2D eigenvalue weighted by atomic mass is 10.3. The van der Waals surface area contributed by atoms with Crippen molar-refractivity contribution in [2.45, 2.75) is 6.92 Å². The van der Waals surface area contributed by atoms with Gasteiger partial charge in [0.1, 0.15) is 0 Å². The van der Waals surface area contributed by atoms with E-state index >= 15 is 0 Å². The summed E-state index contributed by atoms with van der Waals surface area (Å²) >= 11 is 0. The predicted molar refractivity (Wildman–Crippen MR) is 51.3 cm³/mol. The van der Waals surface area contributed by atoms with Crippen LogP contribution >= 0.6 is 0 Å². The third kappa shape index (κ3) is 2.02. The van der Waals surface area contributed by atoms with Gasteiger partial charge in [0, 0.05) is 0 Å². The summed E-state index contributed by atoms with van der Waals surface area (Å²) in [5.74, 6) is -0.602. The Kier molecular flexibility index (Phi) is 2.86. The first kappa shape index (κ1) is 10.2. The normalized spacial score (nSPS) is 10.1. The molecule has 7 nitrogen and oxygen atoms in total. The molecule has 2 aromatic heterocycles. The number of hydrogen-bond donors (Lipinski definition) is 0. The van der Waals surface area contributed by atoms with E-state index in [-0.39, 0.29) is 18.4 Å². The molecule has 0 aliphatic carbocycles. The number of hydrogen-bond acceptors (Lipinski definition) is 7. The fraction of sp³-hybridized carbons (Fsp3) is 0.222. The Morgan fingerprint density at radius 2 is 2.31 bits per heavy atom. The number of carbonyl (C=O) groups is 1. The second-order valence-corrected chi connectivity index (χ2v) is 2.76. The first-order valence-electron chi connectivity index (χ1n) is 4.59. The van der Waals surface area contributed by atoms with Gasteiger partial charge in [0.2, 0.25) is 5.89 Å². The number of carbonyl (C=O) groups excluding carboxylic acids is 1. The lowest BCUT2D eigenvalue weighted by molar-refractivity contribution is 0.0481. The Morgan fingerprint density at radius 1 is 1.44 bits per heavy atom. The molecule has 0 radical (unpaired) electrons. The van der Waals surface area contributed by atoms with Crippen molar-refractivity contribution in [3.8, 4) is 11.5 Å². The quantitative estimate of drug-likeness (QED) is 0.703. The smallest absolute Gasteiger partial charge is 0.396 e. The maximum Gasteiger partial charge on any atom is 0.396 e. The van der Waals surface area contributed by atoms with Crippen LogP contribution in [-0.2, 0) is 4.74 Å². The molecule has 0 amide bonds. The van der Waals surface area contributed by atoms with E-state index in [2.05, 4.69) is 20.4 Å². The molecule has 2 heterocycles. The summed E-state index contributed by atoms with van der Waals surface area (Å²) in [6, 6.07) is 1.65. The number of rotatable bonds is 3. The molecule has 0 saturated carbocycles. The van der Waals surface area contributed by atoms with Gasteiger partial charge in [-0.1, -0.05) is 0 Å². The first-order chi connectivity index (χ1) is 7.81. The van der Waals surface area contributed by atoms with Crippen molar-refractivity contribution in [3.63, 3.8) is 0 Å². The van der Waals surface area contributed by atoms with Crippen LogP contribution in [-0.4, -0.2) is 33.0 Å². The summed E-state index contributed by atoms with van der Waals surface area (Å²) < 4.78 is 9.83. The minimum absolute atomic E-state index is 0.173. The molecule has 0 aliphatic rings. The van der Waals surface area contributed by atoms with Crippen LogP contribution < -0.4 is 0 Å². The van der Waals surface area contributed by atoms with E-state index < -0.39 is 5.97 Å². The molecule has 0 spiro atoms. The average molecular weight is 220 g/mol. The van der Waals surface area contributed by atoms with Crippen molar-refractivity contribution in [2.75, 3.05) is 6.61 Å². The summed E-state index contributed by atoms with van der Waals surface area (Å²) in [5, 5.41) is 14.5. The zero-order valence-electron chi connectivity index (χ0n) is 8.45. The maximum atomic E-state index is 11.2.